The van der Waals surface area contributed by atoms with E-state index in [0.29, 0.717) is 10.9 Å². The average Bonchev–Trinajstić information content (AvgIpc) is 3.12. The Morgan fingerprint density at radius 1 is 0.943 bits per heavy atom. The third-order valence-corrected chi connectivity index (χ3v) is 6.64. The van der Waals surface area contributed by atoms with Gasteiger partial charge in [0.2, 0.25) is 5.76 Å². The van der Waals surface area contributed by atoms with Crippen LogP contribution in [0.15, 0.2) is 69.9 Å². The number of amides is 1. The average molecular weight is 477 g/mol. The van der Waals surface area contributed by atoms with E-state index in [1.807, 2.05) is 32.9 Å². The molecule has 1 amide bonds. The molecule has 0 fully saturated rings. The van der Waals surface area contributed by atoms with Crippen LogP contribution in [0.4, 0.5) is 18.9 Å². The third-order valence-electron chi connectivity index (χ3n) is 6.64. The molecule has 35 heavy (non-hydrogen) atoms. The highest BCUT2D eigenvalue weighted by Crippen LogP contribution is 2.42. The molecular weight excluding hydrogens is 455 g/mol. The molecule has 0 bridgehead atoms. The van der Waals surface area contributed by atoms with E-state index < -0.39 is 23.7 Å². The van der Waals surface area contributed by atoms with Crippen molar-refractivity contribution in [3.8, 4) is 0 Å². The zero-order valence-corrected chi connectivity index (χ0v) is 19.4. The zero-order valence-electron chi connectivity index (χ0n) is 19.4. The summed E-state index contributed by atoms with van der Waals surface area (Å²) in [6.07, 6.45) is -3.79. The van der Waals surface area contributed by atoms with Crippen molar-refractivity contribution >= 4 is 22.6 Å². The van der Waals surface area contributed by atoms with E-state index >= 15 is 0 Å². The van der Waals surface area contributed by atoms with E-state index in [2.05, 4.69) is 0 Å². The van der Waals surface area contributed by atoms with Gasteiger partial charge in [-0.2, -0.15) is 13.2 Å². The molecule has 7 heteroatoms. The van der Waals surface area contributed by atoms with Crippen LogP contribution in [0, 0.1) is 13.8 Å². The summed E-state index contributed by atoms with van der Waals surface area (Å²) in [5, 5.41) is 0.334. The van der Waals surface area contributed by atoms with Crippen molar-refractivity contribution in [2.24, 2.45) is 0 Å². The minimum absolute atomic E-state index is 0.0385. The van der Waals surface area contributed by atoms with Crippen molar-refractivity contribution in [1.82, 2.24) is 0 Å². The SMILES string of the molecule is CCc1ccc(C2c3c(oc4cc(C)c(C)cc4c3=O)C(=O)N2c2cccc(C(F)(F)F)c2)cc1. The molecule has 0 spiro atoms. The van der Waals surface area contributed by atoms with Crippen LogP contribution in [0.1, 0.15) is 56.9 Å². The number of fused-ring (bicyclic) bond motifs is 2. The molecule has 1 aliphatic heterocycles. The molecule has 178 valence electrons. The van der Waals surface area contributed by atoms with Crippen LogP contribution in [-0.2, 0) is 12.6 Å². The quantitative estimate of drug-likeness (QED) is 0.328. The topological polar surface area (TPSA) is 50.5 Å². The van der Waals surface area contributed by atoms with Gasteiger partial charge in [-0.15, -0.1) is 0 Å². The predicted octanol–water partition coefficient (Wildman–Crippen LogP) is 6.74. The molecule has 0 saturated heterocycles. The second-order valence-electron chi connectivity index (χ2n) is 8.83. The van der Waals surface area contributed by atoms with Crippen molar-refractivity contribution in [2.75, 3.05) is 4.90 Å². The van der Waals surface area contributed by atoms with Crippen LogP contribution in [0.5, 0.6) is 0 Å². The Bertz CT molecular complexity index is 1530. The molecule has 1 unspecified atom stereocenters. The lowest BCUT2D eigenvalue weighted by Crippen LogP contribution is -2.29. The summed E-state index contributed by atoms with van der Waals surface area (Å²) in [7, 11) is 0. The molecule has 0 radical (unpaired) electrons. The molecule has 1 aromatic heterocycles. The highest BCUT2D eigenvalue weighted by molar-refractivity contribution is 6.10. The first kappa shape index (κ1) is 22.9. The lowest BCUT2D eigenvalue weighted by molar-refractivity contribution is -0.137. The number of rotatable bonds is 3. The minimum atomic E-state index is -4.58. The Hall–Kier alpha value is -3.87. The van der Waals surface area contributed by atoms with E-state index in [1.165, 1.54) is 17.0 Å². The summed E-state index contributed by atoms with van der Waals surface area (Å²) in [5.74, 6) is -0.797. The van der Waals surface area contributed by atoms with Crippen LogP contribution in [0.2, 0.25) is 0 Å². The number of carbonyl (C=O) groups is 1. The van der Waals surface area contributed by atoms with E-state index in [4.69, 9.17) is 4.42 Å². The van der Waals surface area contributed by atoms with Gasteiger partial charge in [-0.3, -0.25) is 14.5 Å². The van der Waals surface area contributed by atoms with Gasteiger partial charge in [0.25, 0.3) is 5.91 Å². The fourth-order valence-electron chi connectivity index (χ4n) is 4.58. The van der Waals surface area contributed by atoms with Gasteiger partial charge in [-0.05, 0) is 72.9 Å². The van der Waals surface area contributed by atoms with Gasteiger partial charge < -0.3 is 4.42 Å². The van der Waals surface area contributed by atoms with Crippen molar-refractivity contribution in [3.63, 3.8) is 0 Å². The van der Waals surface area contributed by atoms with Crippen molar-refractivity contribution in [1.29, 1.82) is 0 Å². The molecule has 4 aromatic rings. The van der Waals surface area contributed by atoms with Crippen LogP contribution in [-0.4, -0.2) is 5.91 Å². The van der Waals surface area contributed by atoms with Gasteiger partial charge >= 0.3 is 6.18 Å². The van der Waals surface area contributed by atoms with Gasteiger partial charge in [-0.1, -0.05) is 37.3 Å². The van der Waals surface area contributed by atoms with Crippen LogP contribution in [0.25, 0.3) is 11.0 Å². The lowest BCUT2D eigenvalue weighted by Gasteiger charge is -2.26. The Labute approximate surface area is 199 Å². The van der Waals surface area contributed by atoms with E-state index in [1.54, 1.807) is 24.3 Å². The number of aryl methyl sites for hydroxylation is 3. The number of benzene rings is 3. The Balaban J connectivity index is 1.79. The molecule has 0 aliphatic carbocycles. The molecule has 3 aromatic carbocycles. The number of anilines is 1. The van der Waals surface area contributed by atoms with Gasteiger partial charge in [0.1, 0.15) is 5.58 Å². The summed E-state index contributed by atoms with van der Waals surface area (Å²) in [6.45, 7) is 5.75. The standard InChI is InChI=1S/C28H22F3NO3/c1-4-17-8-10-18(11-9-17)24-23-25(33)21-12-15(2)16(3)13-22(21)35-26(23)27(34)32(24)20-7-5-6-19(14-20)28(29,30)31/h5-14,24H,4H2,1-3H3. The maximum Gasteiger partial charge on any atom is 0.416 e. The van der Waals surface area contributed by atoms with Crippen molar-refractivity contribution < 1.29 is 22.4 Å². The Morgan fingerprint density at radius 2 is 1.63 bits per heavy atom. The second kappa shape index (κ2) is 8.12. The normalized spacial score (nSPS) is 15.7. The molecule has 0 saturated carbocycles. The number of nitrogens with zero attached hydrogens (tertiary/aromatic N) is 1. The first-order valence-electron chi connectivity index (χ1n) is 11.3. The maximum absolute atomic E-state index is 13.7. The van der Waals surface area contributed by atoms with Gasteiger partial charge in [0.15, 0.2) is 5.43 Å². The third kappa shape index (κ3) is 3.71. The fraction of sp³-hybridized carbons (Fsp3) is 0.214. The monoisotopic (exact) mass is 477 g/mol. The summed E-state index contributed by atoms with van der Waals surface area (Å²) in [4.78, 5) is 28.6. The Morgan fingerprint density at radius 3 is 2.29 bits per heavy atom. The van der Waals surface area contributed by atoms with E-state index in [0.717, 1.165) is 35.2 Å². The maximum atomic E-state index is 13.7. The van der Waals surface area contributed by atoms with E-state index in [9.17, 15) is 22.8 Å². The van der Waals surface area contributed by atoms with Crippen LogP contribution < -0.4 is 10.3 Å². The molecule has 0 N–H and O–H groups in total. The fourth-order valence-corrected chi connectivity index (χ4v) is 4.58. The van der Waals surface area contributed by atoms with Gasteiger partial charge in [-0.25, -0.2) is 0 Å². The second-order valence-corrected chi connectivity index (χ2v) is 8.83. The summed E-state index contributed by atoms with van der Waals surface area (Å²) in [6, 6.07) is 14.5. The van der Waals surface area contributed by atoms with Crippen molar-refractivity contribution in [2.45, 2.75) is 39.4 Å². The zero-order chi connectivity index (χ0) is 25.1. The largest absolute Gasteiger partial charge is 0.450 e. The Kier molecular flexibility index (Phi) is 5.31. The first-order valence-corrected chi connectivity index (χ1v) is 11.3. The predicted molar refractivity (Wildman–Crippen MR) is 128 cm³/mol. The lowest BCUT2D eigenvalue weighted by atomic mass is 9.96. The number of hydrogen-bond acceptors (Lipinski definition) is 3. The molecule has 2 heterocycles. The van der Waals surface area contributed by atoms with E-state index in [-0.39, 0.29) is 28.0 Å². The number of carbonyl (C=O) groups excluding carboxylic acids is 1. The smallest absolute Gasteiger partial charge is 0.416 e. The highest BCUT2D eigenvalue weighted by Gasteiger charge is 2.44. The van der Waals surface area contributed by atoms with Gasteiger partial charge in [0.05, 0.1) is 22.6 Å². The van der Waals surface area contributed by atoms with Crippen LogP contribution >= 0.6 is 0 Å². The molecule has 4 nitrogen and oxygen atoms in total. The molecule has 1 atom stereocenters. The molecule has 5 rings (SSSR count). The number of halogens is 3. The first-order chi connectivity index (χ1) is 16.6. The summed E-state index contributed by atoms with van der Waals surface area (Å²) in [5.41, 5.74) is 2.66. The summed E-state index contributed by atoms with van der Waals surface area (Å²) >= 11 is 0. The van der Waals surface area contributed by atoms with Gasteiger partial charge in [0, 0.05) is 5.69 Å². The van der Waals surface area contributed by atoms with Crippen molar-refractivity contribution in [3.05, 3.63) is 110 Å². The molecular formula is C28H22F3NO3. The van der Waals surface area contributed by atoms with Crippen LogP contribution in [0.3, 0.4) is 0 Å². The minimum Gasteiger partial charge on any atom is -0.450 e. The molecule has 1 aliphatic rings. The highest BCUT2D eigenvalue weighted by atomic mass is 19.4. The number of hydrogen-bond donors (Lipinski definition) is 0. The summed E-state index contributed by atoms with van der Waals surface area (Å²) < 4.78 is 46.4. The number of alkyl halides is 3.